The van der Waals surface area contributed by atoms with Crippen LogP contribution in [0.1, 0.15) is 52.0 Å². The van der Waals surface area contributed by atoms with E-state index in [4.69, 9.17) is 0 Å². The van der Waals surface area contributed by atoms with Crippen LogP contribution in [0.15, 0.2) is 23.1 Å². The number of H-pyrrole nitrogens is 1. The largest absolute Gasteiger partial charge is 0.356 e. The van der Waals surface area contributed by atoms with E-state index in [0.29, 0.717) is 17.8 Å². The van der Waals surface area contributed by atoms with E-state index >= 15 is 0 Å². The summed E-state index contributed by atoms with van der Waals surface area (Å²) in [5.41, 5.74) is 1.06. The number of carbonyl (C=O) groups is 1. The monoisotopic (exact) mass is 278 g/mol. The molecule has 20 heavy (non-hydrogen) atoms. The number of aromatic amines is 1. The molecule has 0 radical (unpaired) electrons. The van der Waals surface area contributed by atoms with Gasteiger partial charge in [0.25, 0.3) is 0 Å². The van der Waals surface area contributed by atoms with Crippen LogP contribution >= 0.6 is 0 Å². The first kappa shape index (κ1) is 16.5. The molecule has 4 heteroatoms. The molecule has 1 fully saturated rings. The van der Waals surface area contributed by atoms with Crippen molar-refractivity contribution in [2.24, 2.45) is 11.8 Å². The third kappa shape index (κ3) is 5.59. The lowest BCUT2D eigenvalue weighted by atomic mass is 9.87. The Bertz CT molecular complexity index is 477. The van der Waals surface area contributed by atoms with Crippen molar-refractivity contribution < 1.29 is 4.79 Å². The molecule has 1 aliphatic heterocycles. The van der Waals surface area contributed by atoms with Gasteiger partial charge in [-0.05, 0) is 35.8 Å². The average Bonchev–Trinajstić information content (AvgIpc) is 2.39. The number of carbonyl (C=O) groups excluding carboxylic acids is 1. The van der Waals surface area contributed by atoms with E-state index in [1.165, 1.54) is 0 Å². The van der Waals surface area contributed by atoms with Gasteiger partial charge in [-0.25, -0.2) is 0 Å². The van der Waals surface area contributed by atoms with E-state index in [0.717, 1.165) is 24.9 Å². The SMILES string of the molecule is CC(C)C1CCNC(=O)C1.CC(C)c1cc[nH]c(=O)c1. The van der Waals surface area contributed by atoms with Gasteiger partial charge < -0.3 is 10.3 Å². The Kier molecular flexibility index (Phi) is 6.49. The number of hydrogen-bond acceptors (Lipinski definition) is 2. The highest BCUT2D eigenvalue weighted by Gasteiger charge is 2.20. The van der Waals surface area contributed by atoms with Gasteiger partial charge in [0.2, 0.25) is 11.5 Å². The maximum Gasteiger partial charge on any atom is 0.248 e. The van der Waals surface area contributed by atoms with Gasteiger partial charge in [-0.2, -0.15) is 0 Å². The second-order valence-electron chi connectivity index (χ2n) is 5.99. The van der Waals surface area contributed by atoms with Crippen LogP contribution < -0.4 is 10.9 Å². The molecule has 2 heterocycles. The van der Waals surface area contributed by atoms with Gasteiger partial charge in [0, 0.05) is 25.2 Å². The summed E-state index contributed by atoms with van der Waals surface area (Å²) in [4.78, 5) is 24.2. The van der Waals surface area contributed by atoms with Crippen LogP contribution in [0, 0.1) is 11.8 Å². The number of amides is 1. The van der Waals surface area contributed by atoms with E-state index in [-0.39, 0.29) is 11.5 Å². The Morgan fingerprint density at radius 2 is 1.90 bits per heavy atom. The van der Waals surface area contributed by atoms with Crippen LogP contribution in [0.4, 0.5) is 0 Å². The van der Waals surface area contributed by atoms with Crippen molar-refractivity contribution >= 4 is 5.91 Å². The zero-order valence-corrected chi connectivity index (χ0v) is 12.9. The summed E-state index contributed by atoms with van der Waals surface area (Å²) in [6.07, 6.45) is 3.57. The maximum absolute atomic E-state index is 10.9. The fraction of sp³-hybridized carbons (Fsp3) is 0.625. The first-order valence-electron chi connectivity index (χ1n) is 7.35. The summed E-state index contributed by atoms with van der Waals surface area (Å²) in [6, 6.07) is 3.55. The molecule has 1 aliphatic rings. The lowest BCUT2D eigenvalue weighted by molar-refractivity contribution is -0.123. The number of nitrogens with one attached hydrogen (secondary N) is 2. The summed E-state index contributed by atoms with van der Waals surface area (Å²) >= 11 is 0. The van der Waals surface area contributed by atoms with Crippen LogP contribution in [-0.4, -0.2) is 17.4 Å². The Balaban J connectivity index is 0.000000200. The van der Waals surface area contributed by atoms with Crippen LogP contribution in [0.2, 0.25) is 0 Å². The molecule has 2 N–H and O–H groups in total. The number of rotatable bonds is 2. The van der Waals surface area contributed by atoms with E-state index in [1.807, 2.05) is 6.07 Å². The Morgan fingerprint density at radius 3 is 2.30 bits per heavy atom. The number of pyridine rings is 1. The van der Waals surface area contributed by atoms with Gasteiger partial charge in [0.05, 0.1) is 0 Å². The van der Waals surface area contributed by atoms with Crippen LogP contribution in [0.5, 0.6) is 0 Å². The van der Waals surface area contributed by atoms with Gasteiger partial charge in [0.1, 0.15) is 0 Å². The lowest BCUT2D eigenvalue weighted by Gasteiger charge is -2.24. The summed E-state index contributed by atoms with van der Waals surface area (Å²) in [6.45, 7) is 9.37. The molecule has 1 aromatic rings. The van der Waals surface area contributed by atoms with E-state index in [2.05, 4.69) is 38.0 Å². The number of hydrogen-bond donors (Lipinski definition) is 2. The summed E-state index contributed by atoms with van der Waals surface area (Å²) in [5.74, 6) is 1.94. The molecule has 1 aromatic heterocycles. The number of piperidine rings is 1. The molecule has 112 valence electrons. The van der Waals surface area contributed by atoms with Gasteiger partial charge in [-0.3, -0.25) is 9.59 Å². The predicted molar refractivity (Wildman–Crippen MR) is 81.7 cm³/mol. The molecule has 1 saturated heterocycles. The molecule has 4 nitrogen and oxygen atoms in total. The zero-order valence-electron chi connectivity index (χ0n) is 12.9. The Morgan fingerprint density at radius 1 is 1.20 bits per heavy atom. The van der Waals surface area contributed by atoms with Crippen LogP contribution in [0.3, 0.4) is 0 Å². The first-order chi connectivity index (χ1) is 9.40. The highest BCUT2D eigenvalue weighted by Crippen LogP contribution is 2.20. The minimum Gasteiger partial charge on any atom is -0.356 e. The van der Waals surface area contributed by atoms with Crippen molar-refractivity contribution in [3.05, 3.63) is 34.2 Å². The normalized spacial score (nSPS) is 18.5. The highest BCUT2D eigenvalue weighted by molar-refractivity contribution is 5.76. The Labute approximate surface area is 121 Å². The minimum atomic E-state index is -0.0220. The van der Waals surface area contributed by atoms with E-state index in [9.17, 15) is 9.59 Å². The van der Waals surface area contributed by atoms with Crippen molar-refractivity contribution in [2.75, 3.05) is 6.54 Å². The smallest absolute Gasteiger partial charge is 0.248 e. The first-order valence-corrected chi connectivity index (χ1v) is 7.35. The van der Waals surface area contributed by atoms with E-state index < -0.39 is 0 Å². The standard InChI is InChI=1S/C8H15NO.C8H11NO/c2*1-6(2)7-3-4-9-8(10)5-7/h6-7H,3-5H2,1-2H3,(H,9,10);3-6H,1-2H3,(H,9,10). The fourth-order valence-electron chi connectivity index (χ4n) is 2.20. The topological polar surface area (TPSA) is 62.0 Å². The van der Waals surface area contributed by atoms with Gasteiger partial charge in [-0.1, -0.05) is 27.7 Å². The van der Waals surface area contributed by atoms with Gasteiger partial charge in [0.15, 0.2) is 0 Å². The zero-order chi connectivity index (χ0) is 15.1. The molecule has 1 amide bonds. The molecule has 2 rings (SSSR count). The predicted octanol–water partition coefficient (Wildman–Crippen LogP) is 2.67. The molecule has 0 bridgehead atoms. The van der Waals surface area contributed by atoms with Gasteiger partial charge >= 0.3 is 0 Å². The van der Waals surface area contributed by atoms with Crippen LogP contribution in [0.25, 0.3) is 0 Å². The van der Waals surface area contributed by atoms with E-state index in [1.54, 1.807) is 12.3 Å². The number of aromatic nitrogens is 1. The summed E-state index contributed by atoms with van der Waals surface area (Å²) in [5, 5.41) is 2.83. The van der Waals surface area contributed by atoms with Crippen molar-refractivity contribution in [2.45, 2.75) is 46.5 Å². The third-order valence-corrected chi connectivity index (χ3v) is 3.69. The van der Waals surface area contributed by atoms with Crippen molar-refractivity contribution in [1.29, 1.82) is 0 Å². The molecular weight excluding hydrogens is 252 g/mol. The van der Waals surface area contributed by atoms with Crippen molar-refractivity contribution in [1.82, 2.24) is 10.3 Å². The molecule has 1 unspecified atom stereocenters. The maximum atomic E-state index is 10.9. The van der Waals surface area contributed by atoms with Crippen molar-refractivity contribution in [3.63, 3.8) is 0 Å². The third-order valence-electron chi connectivity index (χ3n) is 3.69. The lowest BCUT2D eigenvalue weighted by Crippen LogP contribution is -2.35. The van der Waals surface area contributed by atoms with Crippen molar-refractivity contribution in [3.8, 4) is 0 Å². The quantitative estimate of drug-likeness (QED) is 0.873. The molecular formula is C16H26N2O2. The minimum absolute atomic E-state index is 0.0220. The van der Waals surface area contributed by atoms with Gasteiger partial charge in [-0.15, -0.1) is 0 Å². The summed E-state index contributed by atoms with van der Waals surface area (Å²) in [7, 11) is 0. The molecule has 1 atom stereocenters. The molecule has 0 aliphatic carbocycles. The second-order valence-corrected chi connectivity index (χ2v) is 5.99. The Hall–Kier alpha value is -1.58. The fourth-order valence-corrected chi connectivity index (χ4v) is 2.20. The highest BCUT2D eigenvalue weighted by atomic mass is 16.1. The molecule has 0 spiro atoms. The average molecular weight is 278 g/mol. The van der Waals surface area contributed by atoms with Crippen LogP contribution in [-0.2, 0) is 4.79 Å². The molecule has 0 saturated carbocycles. The molecule has 0 aromatic carbocycles. The summed E-state index contributed by atoms with van der Waals surface area (Å²) < 4.78 is 0. The second kappa shape index (κ2) is 7.88.